The van der Waals surface area contributed by atoms with E-state index in [-0.39, 0.29) is 35.7 Å². The molecular formula is C14H19N5O2. The highest BCUT2D eigenvalue weighted by Crippen LogP contribution is 2.41. The molecule has 0 unspecified atom stereocenters. The summed E-state index contributed by atoms with van der Waals surface area (Å²) in [6.45, 7) is 0.858. The predicted octanol–water partition coefficient (Wildman–Crippen LogP) is -0.303. The van der Waals surface area contributed by atoms with Crippen LogP contribution in [0.2, 0.25) is 0 Å². The predicted molar refractivity (Wildman–Crippen MR) is 72.8 cm³/mol. The number of aromatic nitrogens is 3. The lowest BCUT2D eigenvalue weighted by Crippen LogP contribution is -2.53. The molecule has 3 atom stereocenters. The van der Waals surface area contributed by atoms with Crippen LogP contribution in [0.5, 0.6) is 0 Å². The summed E-state index contributed by atoms with van der Waals surface area (Å²) >= 11 is 0. The number of fused-ring (bicyclic) bond motifs is 1. The Morgan fingerprint density at radius 3 is 2.90 bits per heavy atom. The molecule has 2 N–H and O–H groups in total. The van der Waals surface area contributed by atoms with Crippen LogP contribution in [-0.2, 0) is 16.1 Å². The highest BCUT2D eigenvalue weighted by molar-refractivity contribution is 5.93. The van der Waals surface area contributed by atoms with Gasteiger partial charge < -0.3 is 10.6 Å². The van der Waals surface area contributed by atoms with Gasteiger partial charge in [0.05, 0.1) is 0 Å². The second-order valence-corrected chi connectivity index (χ2v) is 6.49. The summed E-state index contributed by atoms with van der Waals surface area (Å²) in [5, 5.41) is 10.0. The van der Waals surface area contributed by atoms with Crippen LogP contribution >= 0.6 is 0 Å². The van der Waals surface area contributed by atoms with E-state index in [0.717, 1.165) is 32.2 Å². The number of hydrogen-bond donors (Lipinski definition) is 2. The van der Waals surface area contributed by atoms with Gasteiger partial charge in [-0.3, -0.25) is 14.3 Å². The van der Waals surface area contributed by atoms with Crippen LogP contribution in [0.4, 0.5) is 0 Å². The van der Waals surface area contributed by atoms with Gasteiger partial charge in [0, 0.05) is 18.5 Å². The summed E-state index contributed by atoms with van der Waals surface area (Å²) < 4.78 is 1.83. The Kier molecular flexibility index (Phi) is 2.94. The van der Waals surface area contributed by atoms with Crippen molar-refractivity contribution in [3.8, 4) is 0 Å². The molecule has 1 saturated heterocycles. The zero-order valence-corrected chi connectivity index (χ0v) is 11.7. The smallest absolute Gasteiger partial charge is 0.243 e. The summed E-state index contributed by atoms with van der Waals surface area (Å²) in [5.74, 6) is 0.918. The second kappa shape index (κ2) is 4.82. The molecule has 2 aliphatic carbocycles. The Morgan fingerprint density at radius 1 is 1.43 bits per heavy atom. The van der Waals surface area contributed by atoms with Crippen molar-refractivity contribution in [2.75, 3.05) is 0 Å². The molecule has 3 fully saturated rings. The Balaban J connectivity index is 1.25. The van der Waals surface area contributed by atoms with Crippen LogP contribution in [-0.4, -0.2) is 38.7 Å². The monoisotopic (exact) mass is 289 g/mol. The van der Waals surface area contributed by atoms with Crippen molar-refractivity contribution >= 4 is 11.8 Å². The maximum atomic E-state index is 12.3. The van der Waals surface area contributed by atoms with Crippen molar-refractivity contribution in [3.05, 3.63) is 12.7 Å². The van der Waals surface area contributed by atoms with E-state index in [4.69, 9.17) is 0 Å². The molecule has 3 aliphatic rings. The first-order chi connectivity index (χ1) is 10.2. The molecular weight excluding hydrogens is 270 g/mol. The van der Waals surface area contributed by atoms with E-state index < -0.39 is 0 Å². The lowest BCUT2D eigenvalue weighted by Gasteiger charge is -2.37. The fourth-order valence-electron chi connectivity index (χ4n) is 3.76. The van der Waals surface area contributed by atoms with Crippen molar-refractivity contribution in [2.24, 2.45) is 17.8 Å². The van der Waals surface area contributed by atoms with Crippen molar-refractivity contribution in [3.63, 3.8) is 0 Å². The molecule has 1 aromatic rings. The summed E-state index contributed by atoms with van der Waals surface area (Å²) in [7, 11) is 0. The SMILES string of the molecule is O=C1N[C@@H](C(=O)NC2CC(Cn3cncn3)C2)[C@@H]2CC[C@H]12. The third kappa shape index (κ3) is 2.20. The van der Waals surface area contributed by atoms with Crippen LogP contribution in [0.3, 0.4) is 0 Å². The number of rotatable bonds is 4. The van der Waals surface area contributed by atoms with Gasteiger partial charge in [0.1, 0.15) is 18.7 Å². The first kappa shape index (κ1) is 12.8. The maximum absolute atomic E-state index is 12.3. The number of hydrogen-bond acceptors (Lipinski definition) is 4. The summed E-state index contributed by atoms with van der Waals surface area (Å²) in [6.07, 6.45) is 7.12. The molecule has 1 aromatic heterocycles. The summed E-state index contributed by atoms with van der Waals surface area (Å²) in [5.41, 5.74) is 0. The van der Waals surface area contributed by atoms with Crippen LogP contribution in [0.1, 0.15) is 25.7 Å². The molecule has 0 spiro atoms. The van der Waals surface area contributed by atoms with Gasteiger partial charge in [0.2, 0.25) is 11.8 Å². The summed E-state index contributed by atoms with van der Waals surface area (Å²) in [4.78, 5) is 27.8. The first-order valence-corrected chi connectivity index (χ1v) is 7.64. The average Bonchev–Trinajstić information content (AvgIpc) is 2.93. The Bertz CT molecular complexity index is 552. The molecule has 7 heteroatoms. The topological polar surface area (TPSA) is 88.9 Å². The third-order valence-corrected chi connectivity index (χ3v) is 5.17. The van der Waals surface area contributed by atoms with Crippen molar-refractivity contribution < 1.29 is 9.59 Å². The van der Waals surface area contributed by atoms with Crippen LogP contribution in [0, 0.1) is 17.8 Å². The zero-order valence-electron chi connectivity index (χ0n) is 11.7. The van der Waals surface area contributed by atoms with Gasteiger partial charge in [0.25, 0.3) is 0 Å². The van der Waals surface area contributed by atoms with Gasteiger partial charge >= 0.3 is 0 Å². The maximum Gasteiger partial charge on any atom is 0.243 e. The molecule has 21 heavy (non-hydrogen) atoms. The van der Waals surface area contributed by atoms with Gasteiger partial charge in [-0.05, 0) is 37.5 Å². The second-order valence-electron chi connectivity index (χ2n) is 6.49. The standard InChI is InChI=1S/C14H19N5O2/c20-13-11-2-1-10(11)12(18-13)14(21)17-9-3-8(4-9)5-19-7-15-6-16-19/h6-12H,1-5H2,(H,17,21)(H,18,20)/t8?,9?,10-,11+,12-/m1/s1. The van der Waals surface area contributed by atoms with Crippen molar-refractivity contribution in [2.45, 2.75) is 44.3 Å². The van der Waals surface area contributed by atoms with Crippen LogP contribution in [0.15, 0.2) is 12.7 Å². The summed E-state index contributed by atoms with van der Waals surface area (Å²) in [6, 6.07) is -0.0623. The molecule has 2 amide bonds. The Hall–Kier alpha value is -1.92. The lowest BCUT2D eigenvalue weighted by molar-refractivity contribution is -0.127. The molecule has 0 radical (unpaired) electrons. The largest absolute Gasteiger partial charge is 0.352 e. The molecule has 0 bridgehead atoms. The molecule has 2 heterocycles. The average molecular weight is 289 g/mol. The fraction of sp³-hybridized carbons (Fsp3) is 0.714. The molecule has 7 nitrogen and oxygen atoms in total. The zero-order chi connectivity index (χ0) is 14.4. The quantitative estimate of drug-likeness (QED) is 0.796. The van der Waals surface area contributed by atoms with Gasteiger partial charge in [-0.15, -0.1) is 0 Å². The number of nitrogens with zero attached hydrogens (tertiary/aromatic N) is 3. The Morgan fingerprint density at radius 2 is 2.29 bits per heavy atom. The van der Waals surface area contributed by atoms with E-state index in [1.807, 2.05) is 4.68 Å². The highest BCUT2D eigenvalue weighted by atomic mass is 16.2. The van der Waals surface area contributed by atoms with Crippen LogP contribution < -0.4 is 10.6 Å². The number of carbonyl (C=O) groups is 2. The first-order valence-electron chi connectivity index (χ1n) is 7.64. The van der Waals surface area contributed by atoms with E-state index in [0.29, 0.717) is 5.92 Å². The minimum Gasteiger partial charge on any atom is -0.352 e. The van der Waals surface area contributed by atoms with E-state index in [1.54, 1.807) is 6.33 Å². The molecule has 1 aliphatic heterocycles. The third-order valence-electron chi connectivity index (χ3n) is 5.17. The molecule has 0 aromatic carbocycles. The van der Waals surface area contributed by atoms with Gasteiger partial charge in [-0.2, -0.15) is 5.10 Å². The number of carbonyl (C=O) groups excluding carboxylic acids is 2. The van der Waals surface area contributed by atoms with Gasteiger partial charge in [-0.1, -0.05) is 0 Å². The van der Waals surface area contributed by atoms with E-state index in [1.165, 1.54) is 6.33 Å². The van der Waals surface area contributed by atoms with Gasteiger partial charge in [-0.25, -0.2) is 4.98 Å². The number of amides is 2. The van der Waals surface area contributed by atoms with E-state index >= 15 is 0 Å². The van der Waals surface area contributed by atoms with Crippen molar-refractivity contribution in [1.82, 2.24) is 25.4 Å². The normalized spacial score (nSPS) is 37.1. The van der Waals surface area contributed by atoms with Crippen LogP contribution in [0.25, 0.3) is 0 Å². The molecule has 2 saturated carbocycles. The van der Waals surface area contributed by atoms with Gasteiger partial charge in [0.15, 0.2) is 0 Å². The molecule has 4 rings (SSSR count). The molecule has 112 valence electrons. The fourth-order valence-corrected chi connectivity index (χ4v) is 3.76. The van der Waals surface area contributed by atoms with E-state index in [2.05, 4.69) is 20.7 Å². The number of nitrogens with one attached hydrogen (secondary N) is 2. The Labute approximate surface area is 122 Å². The lowest BCUT2D eigenvalue weighted by atomic mass is 9.72. The van der Waals surface area contributed by atoms with Crippen molar-refractivity contribution in [1.29, 1.82) is 0 Å². The minimum atomic E-state index is -0.300. The highest BCUT2D eigenvalue weighted by Gasteiger charge is 2.51. The minimum absolute atomic E-state index is 0.000226. The van der Waals surface area contributed by atoms with E-state index in [9.17, 15) is 9.59 Å².